The Kier molecular flexibility index (Phi) is 5.92. The second-order valence-corrected chi connectivity index (χ2v) is 3.32. The monoisotopic (exact) mass is 179 g/mol. The van der Waals surface area contributed by atoms with E-state index in [4.69, 9.17) is 10.8 Å². The smallest absolute Gasteiger partial charge is 0.0459 e. The molecule has 0 bridgehead atoms. The maximum Gasteiger partial charge on any atom is 0.0459 e. The summed E-state index contributed by atoms with van der Waals surface area (Å²) in [5.41, 5.74) is 5.54. The van der Waals surface area contributed by atoms with Crippen LogP contribution in [0.15, 0.2) is 0 Å². The van der Waals surface area contributed by atoms with Gasteiger partial charge < -0.3 is 10.8 Å². The molecule has 2 atom stereocenters. The zero-order valence-corrected chi connectivity index (χ0v) is 7.65. The van der Waals surface area contributed by atoms with Gasteiger partial charge in [-0.05, 0) is 37.6 Å². The van der Waals surface area contributed by atoms with E-state index in [1.54, 1.807) is 0 Å². The van der Waals surface area contributed by atoms with Gasteiger partial charge in [-0.15, -0.1) is 12.4 Å². The van der Waals surface area contributed by atoms with Crippen LogP contribution in [-0.4, -0.2) is 18.3 Å². The SMILES string of the molecule is Cl.NC[C@H]1CCC[C@@H](CO)C1. The Hall–Kier alpha value is 0.210. The zero-order chi connectivity index (χ0) is 7.40. The minimum atomic E-state index is 0. The summed E-state index contributed by atoms with van der Waals surface area (Å²) >= 11 is 0. The van der Waals surface area contributed by atoms with Crippen LogP contribution in [0.25, 0.3) is 0 Å². The number of aliphatic hydroxyl groups excluding tert-OH is 1. The third-order valence-electron chi connectivity index (χ3n) is 2.48. The second kappa shape index (κ2) is 5.81. The van der Waals surface area contributed by atoms with E-state index in [0.717, 1.165) is 13.0 Å². The van der Waals surface area contributed by atoms with Crippen molar-refractivity contribution in [2.24, 2.45) is 17.6 Å². The summed E-state index contributed by atoms with van der Waals surface area (Å²) in [7, 11) is 0. The molecule has 0 aromatic carbocycles. The normalized spacial score (nSPS) is 31.1. The molecule has 1 aliphatic carbocycles. The van der Waals surface area contributed by atoms with Crippen LogP contribution in [0.1, 0.15) is 25.7 Å². The highest BCUT2D eigenvalue weighted by Crippen LogP contribution is 2.27. The van der Waals surface area contributed by atoms with E-state index in [-0.39, 0.29) is 12.4 Å². The van der Waals surface area contributed by atoms with Gasteiger partial charge in [0.15, 0.2) is 0 Å². The van der Waals surface area contributed by atoms with Crippen molar-refractivity contribution in [3.8, 4) is 0 Å². The molecular weight excluding hydrogens is 162 g/mol. The fourth-order valence-electron chi connectivity index (χ4n) is 1.78. The van der Waals surface area contributed by atoms with E-state index in [1.165, 1.54) is 19.3 Å². The third kappa shape index (κ3) is 3.41. The third-order valence-corrected chi connectivity index (χ3v) is 2.48. The van der Waals surface area contributed by atoms with Gasteiger partial charge in [-0.2, -0.15) is 0 Å². The van der Waals surface area contributed by atoms with Gasteiger partial charge >= 0.3 is 0 Å². The summed E-state index contributed by atoms with van der Waals surface area (Å²) < 4.78 is 0. The van der Waals surface area contributed by atoms with E-state index in [1.807, 2.05) is 0 Å². The van der Waals surface area contributed by atoms with Crippen LogP contribution in [0.5, 0.6) is 0 Å². The van der Waals surface area contributed by atoms with Crippen molar-refractivity contribution in [2.45, 2.75) is 25.7 Å². The highest BCUT2D eigenvalue weighted by atomic mass is 35.5. The molecule has 1 fully saturated rings. The number of halogens is 1. The lowest BCUT2D eigenvalue weighted by molar-refractivity contribution is 0.163. The van der Waals surface area contributed by atoms with E-state index in [9.17, 15) is 0 Å². The van der Waals surface area contributed by atoms with Crippen molar-refractivity contribution in [1.29, 1.82) is 0 Å². The van der Waals surface area contributed by atoms with Crippen LogP contribution in [0, 0.1) is 11.8 Å². The van der Waals surface area contributed by atoms with Gasteiger partial charge in [0.25, 0.3) is 0 Å². The molecule has 1 rings (SSSR count). The van der Waals surface area contributed by atoms with Crippen LogP contribution in [-0.2, 0) is 0 Å². The maximum absolute atomic E-state index is 8.86. The van der Waals surface area contributed by atoms with Gasteiger partial charge in [-0.3, -0.25) is 0 Å². The molecule has 0 saturated heterocycles. The largest absolute Gasteiger partial charge is 0.396 e. The molecule has 3 N–H and O–H groups in total. The van der Waals surface area contributed by atoms with Gasteiger partial charge in [0.2, 0.25) is 0 Å². The highest BCUT2D eigenvalue weighted by molar-refractivity contribution is 5.85. The second-order valence-electron chi connectivity index (χ2n) is 3.32. The van der Waals surface area contributed by atoms with Crippen LogP contribution in [0.2, 0.25) is 0 Å². The Balaban J connectivity index is 0.000001000. The average Bonchev–Trinajstić information content (AvgIpc) is 2.05. The Morgan fingerprint density at radius 1 is 1.27 bits per heavy atom. The molecule has 0 aromatic rings. The molecular formula is C8H18ClNO. The van der Waals surface area contributed by atoms with Crippen molar-refractivity contribution >= 4 is 12.4 Å². The quantitative estimate of drug-likeness (QED) is 0.669. The molecule has 1 aliphatic rings. The minimum Gasteiger partial charge on any atom is -0.396 e. The number of rotatable bonds is 2. The first-order valence-corrected chi connectivity index (χ1v) is 4.17. The Morgan fingerprint density at radius 2 is 1.91 bits per heavy atom. The number of aliphatic hydroxyl groups is 1. The number of hydrogen-bond acceptors (Lipinski definition) is 2. The first-order valence-electron chi connectivity index (χ1n) is 4.17. The van der Waals surface area contributed by atoms with Gasteiger partial charge in [-0.1, -0.05) is 6.42 Å². The molecule has 0 heterocycles. The molecule has 0 unspecified atom stereocenters. The summed E-state index contributed by atoms with van der Waals surface area (Å²) in [6, 6.07) is 0. The van der Waals surface area contributed by atoms with Crippen LogP contribution >= 0.6 is 12.4 Å². The standard InChI is InChI=1S/C8H17NO.ClH/c9-5-7-2-1-3-8(4-7)6-10;/h7-8,10H,1-6,9H2;1H/t7-,8+;/m0./s1. The van der Waals surface area contributed by atoms with Crippen LogP contribution in [0.3, 0.4) is 0 Å². The average molecular weight is 180 g/mol. The Morgan fingerprint density at radius 3 is 2.45 bits per heavy atom. The number of nitrogens with two attached hydrogens (primary N) is 1. The molecule has 0 spiro atoms. The summed E-state index contributed by atoms with van der Waals surface area (Å²) in [5, 5.41) is 8.86. The van der Waals surface area contributed by atoms with E-state index in [0.29, 0.717) is 18.4 Å². The fraction of sp³-hybridized carbons (Fsp3) is 1.00. The lowest BCUT2D eigenvalue weighted by Crippen LogP contribution is -2.24. The van der Waals surface area contributed by atoms with Crippen LogP contribution < -0.4 is 5.73 Å². The van der Waals surface area contributed by atoms with Gasteiger partial charge in [0, 0.05) is 6.61 Å². The summed E-state index contributed by atoms with van der Waals surface area (Å²) in [6.07, 6.45) is 4.88. The summed E-state index contributed by atoms with van der Waals surface area (Å²) in [4.78, 5) is 0. The van der Waals surface area contributed by atoms with Crippen molar-refractivity contribution in [2.75, 3.05) is 13.2 Å². The molecule has 2 nitrogen and oxygen atoms in total. The van der Waals surface area contributed by atoms with Gasteiger partial charge in [-0.25, -0.2) is 0 Å². The topological polar surface area (TPSA) is 46.2 Å². The number of hydrogen-bond donors (Lipinski definition) is 2. The van der Waals surface area contributed by atoms with E-state index >= 15 is 0 Å². The molecule has 1 saturated carbocycles. The van der Waals surface area contributed by atoms with E-state index in [2.05, 4.69) is 0 Å². The highest BCUT2D eigenvalue weighted by Gasteiger charge is 2.19. The lowest BCUT2D eigenvalue weighted by Gasteiger charge is -2.26. The Bertz CT molecular complexity index is 90.1. The van der Waals surface area contributed by atoms with Gasteiger partial charge in [0.05, 0.1) is 0 Å². The van der Waals surface area contributed by atoms with Crippen molar-refractivity contribution in [3.63, 3.8) is 0 Å². The van der Waals surface area contributed by atoms with Crippen molar-refractivity contribution in [3.05, 3.63) is 0 Å². The lowest BCUT2D eigenvalue weighted by atomic mass is 9.82. The molecule has 0 aliphatic heterocycles. The fourth-order valence-corrected chi connectivity index (χ4v) is 1.78. The molecule has 68 valence electrons. The minimum absolute atomic E-state index is 0. The maximum atomic E-state index is 8.86. The van der Waals surface area contributed by atoms with Crippen molar-refractivity contribution in [1.82, 2.24) is 0 Å². The molecule has 11 heavy (non-hydrogen) atoms. The molecule has 0 aromatic heterocycles. The van der Waals surface area contributed by atoms with Crippen LogP contribution in [0.4, 0.5) is 0 Å². The molecule has 3 heteroatoms. The Labute approximate surface area is 74.6 Å². The predicted molar refractivity (Wildman–Crippen MR) is 48.8 cm³/mol. The van der Waals surface area contributed by atoms with Gasteiger partial charge in [0.1, 0.15) is 0 Å². The molecule has 0 amide bonds. The van der Waals surface area contributed by atoms with E-state index < -0.39 is 0 Å². The predicted octanol–water partition coefficient (Wildman–Crippen LogP) is 1.17. The summed E-state index contributed by atoms with van der Waals surface area (Å²) in [5.74, 6) is 1.23. The molecule has 0 radical (unpaired) electrons. The zero-order valence-electron chi connectivity index (χ0n) is 6.83. The first-order chi connectivity index (χ1) is 4.86. The summed E-state index contributed by atoms with van der Waals surface area (Å²) in [6.45, 7) is 1.16. The first kappa shape index (κ1) is 11.2. The van der Waals surface area contributed by atoms with Crippen molar-refractivity contribution < 1.29 is 5.11 Å².